The van der Waals surface area contributed by atoms with Gasteiger partial charge in [-0.05, 0) is 54.4 Å². The number of carbonyl (C=O) groups is 2. The molecule has 1 saturated heterocycles. The molecule has 1 aliphatic heterocycles. The van der Waals surface area contributed by atoms with Gasteiger partial charge >= 0.3 is 0 Å². The average molecular weight is 433 g/mol. The number of furan rings is 1. The molecule has 32 heavy (non-hydrogen) atoms. The fraction of sp³-hybridized carbons (Fsp3) is 0.348. The van der Waals surface area contributed by atoms with E-state index in [0.29, 0.717) is 17.6 Å². The van der Waals surface area contributed by atoms with E-state index in [-0.39, 0.29) is 58.3 Å². The van der Waals surface area contributed by atoms with Crippen LogP contribution >= 0.6 is 0 Å². The molecule has 7 rings (SSSR count). The van der Waals surface area contributed by atoms with E-state index < -0.39 is 4.92 Å². The van der Waals surface area contributed by atoms with Gasteiger partial charge in [-0.1, -0.05) is 12.2 Å². The number of rotatable bonds is 5. The van der Waals surface area contributed by atoms with Crippen LogP contribution < -0.4 is 4.74 Å². The Balaban J connectivity index is 1.25. The molecule has 0 unspecified atom stereocenters. The summed E-state index contributed by atoms with van der Waals surface area (Å²) in [4.78, 5) is 36.9. The second-order valence-corrected chi connectivity index (χ2v) is 8.73. The molecule has 5 aliphatic rings. The third-order valence-corrected chi connectivity index (χ3v) is 7.23. The van der Waals surface area contributed by atoms with Gasteiger partial charge in [0.1, 0.15) is 17.3 Å². The summed E-state index contributed by atoms with van der Waals surface area (Å²) in [6, 6.07) is 7.65. The van der Waals surface area contributed by atoms with Crippen LogP contribution in [0.4, 0.5) is 5.69 Å². The zero-order valence-electron chi connectivity index (χ0n) is 17.1. The fourth-order valence-corrected chi connectivity index (χ4v) is 5.73. The maximum atomic E-state index is 13.0. The zero-order chi connectivity index (χ0) is 22.1. The molecule has 2 bridgehead atoms. The van der Waals surface area contributed by atoms with Crippen LogP contribution in [0.25, 0.3) is 11.3 Å². The number of benzene rings is 1. The fourth-order valence-electron chi connectivity index (χ4n) is 5.73. The van der Waals surface area contributed by atoms with Crippen molar-refractivity contribution in [2.45, 2.75) is 6.42 Å². The summed E-state index contributed by atoms with van der Waals surface area (Å²) in [5.41, 5.74) is 0.134. The molecule has 4 aliphatic carbocycles. The van der Waals surface area contributed by atoms with Crippen molar-refractivity contribution >= 4 is 23.7 Å². The molecule has 2 amide bonds. The van der Waals surface area contributed by atoms with Crippen molar-refractivity contribution < 1.29 is 23.7 Å². The largest absolute Gasteiger partial charge is 0.497 e. The van der Waals surface area contributed by atoms with E-state index in [0.717, 1.165) is 11.4 Å². The van der Waals surface area contributed by atoms with E-state index in [9.17, 15) is 19.7 Å². The van der Waals surface area contributed by atoms with Crippen molar-refractivity contribution in [1.82, 2.24) is 5.01 Å². The quantitative estimate of drug-likeness (QED) is 0.235. The van der Waals surface area contributed by atoms with Crippen LogP contribution in [-0.4, -0.2) is 35.1 Å². The monoisotopic (exact) mass is 433 g/mol. The molecule has 0 spiro atoms. The highest BCUT2D eigenvalue weighted by molar-refractivity contribution is 6.06. The third kappa shape index (κ3) is 2.60. The Hall–Kier alpha value is -3.75. The van der Waals surface area contributed by atoms with Crippen molar-refractivity contribution in [3.8, 4) is 17.1 Å². The van der Waals surface area contributed by atoms with Gasteiger partial charge in [0, 0.05) is 0 Å². The van der Waals surface area contributed by atoms with E-state index in [2.05, 4.69) is 17.3 Å². The lowest BCUT2D eigenvalue weighted by atomic mass is 9.63. The third-order valence-electron chi connectivity index (χ3n) is 7.23. The van der Waals surface area contributed by atoms with Gasteiger partial charge in [-0.2, -0.15) is 10.1 Å². The molecule has 162 valence electrons. The number of methoxy groups -OCH3 is 1. The number of nitro groups is 1. The second kappa shape index (κ2) is 6.62. The van der Waals surface area contributed by atoms with E-state index >= 15 is 0 Å². The summed E-state index contributed by atoms with van der Waals surface area (Å²) in [7, 11) is 1.43. The molecule has 2 aromatic rings. The molecule has 2 heterocycles. The van der Waals surface area contributed by atoms with Gasteiger partial charge in [-0.15, -0.1) is 0 Å². The first-order valence-corrected chi connectivity index (χ1v) is 10.5. The number of nitro benzene ring substituents is 1. The molecular weight excluding hydrogens is 414 g/mol. The topological polar surface area (TPSA) is 115 Å². The summed E-state index contributed by atoms with van der Waals surface area (Å²) in [6.45, 7) is 0. The highest BCUT2D eigenvalue weighted by Gasteiger charge is 2.67. The number of hydrogen-bond donors (Lipinski definition) is 0. The normalized spacial score (nSPS) is 31.8. The highest BCUT2D eigenvalue weighted by atomic mass is 16.6. The molecule has 1 aromatic heterocycles. The Labute approximate surface area is 182 Å². The van der Waals surface area contributed by atoms with Crippen LogP contribution in [0.2, 0.25) is 0 Å². The van der Waals surface area contributed by atoms with Crippen LogP contribution in [0.15, 0.2) is 52.0 Å². The number of carbonyl (C=O) groups excluding carboxylic acids is 2. The number of nitrogens with zero attached hydrogens (tertiary/aromatic N) is 3. The number of allylic oxidation sites excluding steroid dienone is 2. The highest BCUT2D eigenvalue weighted by Crippen LogP contribution is 2.65. The summed E-state index contributed by atoms with van der Waals surface area (Å²) in [5.74, 6) is 1.12. The summed E-state index contributed by atoms with van der Waals surface area (Å²) in [5, 5.41) is 16.6. The van der Waals surface area contributed by atoms with Crippen LogP contribution in [0.3, 0.4) is 0 Å². The van der Waals surface area contributed by atoms with Gasteiger partial charge < -0.3 is 9.15 Å². The summed E-state index contributed by atoms with van der Waals surface area (Å²) < 4.78 is 10.8. The Morgan fingerprint density at radius 1 is 1.12 bits per heavy atom. The Kier molecular flexibility index (Phi) is 3.93. The minimum atomic E-state index is -0.510. The molecular formula is C23H19N3O6. The maximum absolute atomic E-state index is 13.0. The maximum Gasteiger partial charge on any atom is 0.284 e. The molecule has 9 nitrogen and oxygen atoms in total. The van der Waals surface area contributed by atoms with E-state index in [1.807, 2.05) is 0 Å². The number of imide groups is 1. The molecule has 9 heteroatoms. The van der Waals surface area contributed by atoms with Crippen LogP contribution in [0.5, 0.6) is 5.75 Å². The number of hydrazone groups is 1. The first-order chi connectivity index (χ1) is 15.5. The molecule has 6 atom stereocenters. The lowest BCUT2D eigenvalue weighted by molar-refractivity contribution is -0.384. The van der Waals surface area contributed by atoms with E-state index in [1.54, 1.807) is 24.3 Å². The molecule has 0 N–H and O–H groups in total. The van der Waals surface area contributed by atoms with Gasteiger partial charge in [0.2, 0.25) is 0 Å². The first-order valence-electron chi connectivity index (χ1n) is 10.5. The lowest BCUT2D eigenvalue weighted by Crippen LogP contribution is -2.40. The number of ether oxygens (including phenoxy) is 1. The van der Waals surface area contributed by atoms with Crippen molar-refractivity contribution in [3.05, 3.63) is 58.4 Å². The average Bonchev–Trinajstić information content (AvgIpc) is 3.44. The van der Waals surface area contributed by atoms with Crippen LogP contribution in [0, 0.1) is 45.6 Å². The molecule has 1 aromatic carbocycles. The molecule has 3 fully saturated rings. The van der Waals surface area contributed by atoms with Crippen molar-refractivity contribution in [3.63, 3.8) is 0 Å². The van der Waals surface area contributed by atoms with Crippen LogP contribution in [0.1, 0.15) is 12.2 Å². The second-order valence-electron chi connectivity index (χ2n) is 8.73. The van der Waals surface area contributed by atoms with Gasteiger partial charge in [0.25, 0.3) is 17.5 Å². The number of hydrogen-bond acceptors (Lipinski definition) is 7. The Morgan fingerprint density at radius 3 is 2.44 bits per heavy atom. The van der Waals surface area contributed by atoms with E-state index in [4.69, 9.17) is 9.15 Å². The summed E-state index contributed by atoms with van der Waals surface area (Å²) >= 11 is 0. The lowest BCUT2D eigenvalue weighted by Gasteiger charge is -2.37. The van der Waals surface area contributed by atoms with E-state index in [1.165, 1.54) is 19.4 Å². The molecule has 2 saturated carbocycles. The number of amides is 2. The Morgan fingerprint density at radius 2 is 1.81 bits per heavy atom. The van der Waals surface area contributed by atoms with Gasteiger partial charge in [0.05, 0.1) is 41.7 Å². The van der Waals surface area contributed by atoms with Gasteiger partial charge in [0.15, 0.2) is 0 Å². The van der Waals surface area contributed by atoms with Gasteiger partial charge in [-0.3, -0.25) is 19.7 Å². The molecule has 0 radical (unpaired) electrons. The Bertz CT molecular complexity index is 1190. The standard InChI is InChI=1S/C23H19N3O6/c1-31-11-2-4-15(18(8-11)26(29)30)19-7-3-12(32-19)10-24-25-22(27)20-13-5-6-14(17-9-16(13)17)21(20)23(25)28/h2-8,10,13-14,16-17,20-21H,9H2,1H3/t13-,14-,16-,17-,20-,21+/m0/s1. The zero-order valence-corrected chi connectivity index (χ0v) is 17.1. The predicted molar refractivity (Wildman–Crippen MR) is 111 cm³/mol. The van der Waals surface area contributed by atoms with Crippen molar-refractivity contribution in [2.24, 2.45) is 40.6 Å². The smallest absolute Gasteiger partial charge is 0.284 e. The summed E-state index contributed by atoms with van der Waals surface area (Å²) in [6.07, 6.45) is 6.63. The van der Waals surface area contributed by atoms with Crippen LogP contribution in [-0.2, 0) is 9.59 Å². The predicted octanol–water partition coefficient (Wildman–Crippen LogP) is 3.25. The van der Waals surface area contributed by atoms with Gasteiger partial charge in [-0.25, -0.2) is 0 Å². The minimum Gasteiger partial charge on any atom is -0.497 e. The van der Waals surface area contributed by atoms with Crippen molar-refractivity contribution in [1.29, 1.82) is 0 Å². The minimum absolute atomic E-state index is 0.137. The SMILES string of the molecule is COc1ccc(-c2ccc(C=NN3C(=O)[C@@H]4[C@H]5C=C[C@@H]([C@@H]6C[C@@H]56)[C@@H]4C3=O)o2)c([N+](=O)[O-])c1. The van der Waals surface area contributed by atoms with Crippen molar-refractivity contribution in [2.75, 3.05) is 7.11 Å². The first kappa shape index (κ1) is 19.0.